The number of carbonyl (C=O) groups is 2. The van der Waals surface area contributed by atoms with E-state index < -0.39 is 5.97 Å². The molecule has 3 aromatic carbocycles. The van der Waals surface area contributed by atoms with Gasteiger partial charge in [0.15, 0.2) is 12.4 Å². The van der Waals surface area contributed by atoms with Crippen molar-refractivity contribution >= 4 is 102 Å². The summed E-state index contributed by atoms with van der Waals surface area (Å²) < 4.78 is 13.5. The predicted octanol–water partition coefficient (Wildman–Crippen LogP) is 6.03. The summed E-state index contributed by atoms with van der Waals surface area (Å²) in [6.45, 7) is -0.247. The van der Waals surface area contributed by atoms with E-state index in [-0.39, 0.29) is 18.1 Å². The zero-order chi connectivity index (χ0) is 21.8. The Morgan fingerprint density at radius 1 is 0.800 bits per heavy atom. The van der Waals surface area contributed by atoms with Crippen molar-refractivity contribution in [2.75, 3.05) is 6.61 Å². The van der Waals surface area contributed by atoms with Crippen molar-refractivity contribution in [2.45, 2.75) is 0 Å². The first-order valence-electron chi connectivity index (χ1n) is 8.36. The van der Waals surface area contributed by atoms with Crippen molar-refractivity contribution in [1.29, 1.82) is 0 Å². The minimum absolute atomic E-state index is 0.156. The van der Waals surface area contributed by atoms with Gasteiger partial charge in [-0.05, 0) is 127 Å². The third-order valence-corrected chi connectivity index (χ3v) is 7.10. The molecule has 0 atom stereocenters. The molecular weight excluding hydrogens is 840 g/mol. The minimum Gasteiger partial charge on any atom is -0.506 e. The van der Waals surface area contributed by atoms with Crippen LogP contribution in [-0.2, 0) is 4.79 Å². The first-order chi connectivity index (χ1) is 14.3. The lowest BCUT2D eigenvalue weighted by Crippen LogP contribution is -2.18. The van der Waals surface area contributed by atoms with Crippen LogP contribution in [0, 0.1) is 14.3 Å². The highest BCUT2D eigenvalue weighted by Crippen LogP contribution is 2.32. The van der Waals surface area contributed by atoms with Gasteiger partial charge in [-0.3, -0.25) is 4.79 Å². The molecule has 0 spiro atoms. The Bertz CT molecular complexity index is 1070. The van der Waals surface area contributed by atoms with Crippen LogP contribution in [0.3, 0.4) is 0 Å². The van der Waals surface area contributed by atoms with E-state index in [0.29, 0.717) is 36.9 Å². The topological polar surface area (TPSA) is 72.8 Å². The molecule has 0 fully saturated rings. The number of benzene rings is 3. The Morgan fingerprint density at radius 3 is 1.83 bits per heavy atom. The quantitative estimate of drug-likeness (QED) is 0.142. The lowest BCUT2D eigenvalue weighted by molar-refractivity contribution is -0.136. The number of hydrogen-bond donors (Lipinski definition) is 1. The molecule has 0 radical (unpaired) electrons. The molecule has 0 aliphatic rings. The number of hydrogen-bond acceptors (Lipinski definition) is 5. The highest BCUT2D eigenvalue weighted by molar-refractivity contribution is 14.1. The summed E-state index contributed by atoms with van der Waals surface area (Å²) in [5.74, 6) is 0.475. The van der Waals surface area contributed by atoms with E-state index in [1.54, 1.807) is 48.5 Å². The van der Waals surface area contributed by atoms with E-state index in [9.17, 15) is 14.7 Å². The summed E-state index contributed by atoms with van der Waals surface area (Å²) in [6.07, 6.45) is 0. The predicted molar refractivity (Wildman–Crippen MR) is 146 cm³/mol. The van der Waals surface area contributed by atoms with Gasteiger partial charge in [-0.15, -0.1) is 0 Å². The number of ketones is 1. The molecular formula is C21H12I4O5. The zero-order valence-corrected chi connectivity index (χ0v) is 23.6. The number of carbonyl (C=O) groups excluding carboxylic acids is 2. The van der Waals surface area contributed by atoms with Crippen molar-refractivity contribution in [3.8, 4) is 17.2 Å². The third kappa shape index (κ3) is 5.97. The van der Waals surface area contributed by atoms with E-state index in [4.69, 9.17) is 9.47 Å². The Labute approximate surface area is 227 Å². The number of halogens is 4. The SMILES string of the molecule is O=C(COc1c(I)cc(C(=O)c2cc(I)c(O)c(I)c2)cc1I)Oc1ccccc1. The lowest BCUT2D eigenvalue weighted by atomic mass is 10.0. The van der Waals surface area contributed by atoms with Crippen molar-refractivity contribution < 1.29 is 24.2 Å². The van der Waals surface area contributed by atoms with Gasteiger partial charge >= 0.3 is 5.97 Å². The normalized spacial score (nSPS) is 10.5. The number of ether oxygens (including phenoxy) is 2. The molecule has 0 unspecified atom stereocenters. The van der Waals surface area contributed by atoms with E-state index in [0.717, 1.165) is 0 Å². The van der Waals surface area contributed by atoms with Crippen LogP contribution < -0.4 is 9.47 Å². The molecule has 0 aliphatic heterocycles. The molecule has 1 N–H and O–H groups in total. The monoisotopic (exact) mass is 852 g/mol. The highest BCUT2D eigenvalue weighted by atomic mass is 127. The van der Waals surface area contributed by atoms with Gasteiger partial charge < -0.3 is 14.6 Å². The maximum atomic E-state index is 12.9. The first kappa shape index (κ1) is 24.0. The fourth-order valence-electron chi connectivity index (χ4n) is 2.47. The van der Waals surface area contributed by atoms with E-state index in [2.05, 4.69) is 45.2 Å². The Kier molecular flexibility index (Phi) is 8.60. The first-order valence-corrected chi connectivity index (χ1v) is 12.7. The molecule has 3 rings (SSSR count). The van der Waals surface area contributed by atoms with Gasteiger partial charge in [0.25, 0.3) is 0 Å². The molecule has 0 aliphatic carbocycles. The van der Waals surface area contributed by atoms with Crippen LogP contribution in [0.15, 0.2) is 54.6 Å². The molecule has 30 heavy (non-hydrogen) atoms. The summed E-state index contributed by atoms with van der Waals surface area (Å²) in [5, 5.41) is 9.92. The van der Waals surface area contributed by atoms with Crippen LogP contribution >= 0.6 is 90.4 Å². The van der Waals surface area contributed by atoms with Gasteiger partial charge in [0.1, 0.15) is 17.2 Å². The number of esters is 1. The van der Waals surface area contributed by atoms with Gasteiger partial charge in [-0.25, -0.2) is 4.79 Å². The van der Waals surface area contributed by atoms with Crippen LogP contribution in [0.4, 0.5) is 0 Å². The van der Waals surface area contributed by atoms with Crippen LogP contribution in [0.1, 0.15) is 15.9 Å². The fourth-order valence-corrected chi connectivity index (χ4v) is 6.32. The number of rotatable bonds is 6. The van der Waals surface area contributed by atoms with Crippen molar-refractivity contribution in [3.05, 3.63) is 80.0 Å². The minimum atomic E-state index is -0.513. The maximum Gasteiger partial charge on any atom is 0.349 e. The molecule has 0 bridgehead atoms. The van der Waals surface area contributed by atoms with Gasteiger partial charge in [-0.2, -0.15) is 0 Å². The molecule has 3 aromatic rings. The molecule has 0 aromatic heterocycles. The van der Waals surface area contributed by atoms with Crippen LogP contribution in [-0.4, -0.2) is 23.5 Å². The summed E-state index contributed by atoms with van der Waals surface area (Å²) in [4.78, 5) is 25.0. The summed E-state index contributed by atoms with van der Waals surface area (Å²) in [7, 11) is 0. The number of aromatic hydroxyl groups is 1. The number of phenolic OH excluding ortho intramolecular Hbond substituents is 1. The van der Waals surface area contributed by atoms with Gasteiger partial charge in [0.2, 0.25) is 0 Å². The van der Waals surface area contributed by atoms with Crippen LogP contribution in [0.25, 0.3) is 0 Å². The van der Waals surface area contributed by atoms with Crippen molar-refractivity contribution in [3.63, 3.8) is 0 Å². The van der Waals surface area contributed by atoms with Gasteiger partial charge in [0.05, 0.1) is 14.3 Å². The van der Waals surface area contributed by atoms with E-state index in [1.165, 1.54) is 0 Å². The standard InChI is InChI=1S/C21H12I4O5/c22-14-6-11(7-15(23)20(14)28)19(27)12-8-16(24)21(17(25)9-12)29-10-18(26)30-13-4-2-1-3-5-13/h1-9,28H,10H2. The van der Waals surface area contributed by atoms with E-state index in [1.807, 2.05) is 51.2 Å². The van der Waals surface area contributed by atoms with Crippen LogP contribution in [0.2, 0.25) is 0 Å². The molecule has 0 saturated heterocycles. The maximum absolute atomic E-state index is 12.9. The number of para-hydroxylation sites is 1. The summed E-state index contributed by atoms with van der Waals surface area (Å²) in [6, 6.07) is 15.5. The molecule has 154 valence electrons. The molecule has 0 amide bonds. The Balaban J connectivity index is 1.75. The van der Waals surface area contributed by atoms with Gasteiger partial charge in [0, 0.05) is 11.1 Å². The molecule has 0 saturated carbocycles. The second-order valence-electron chi connectivity index (χ2n) is 5.96. The summed E-state index contributed by atoms with van der Waals surface area (Å²) >= 11 is 8.15. The number of phenols is 1. The second-order valence-corrected chi connectivity index (χ2v) is 10.6. The average Bonchev–Trinajstić information content (AvgIpc) is 2.71. The zero-order valence-electron chi connectivity index (χ0n) is 15.0. The average molecular weight is 852 g/mol. The fraction of sp³-hybridized carbons (Fsp3) is 0.0476. The Morgan fingerprint density at radius 2 is 1.30 bits per heavy atom. The third-order valence-electron chi connectivity index (χ3n) is 3.85. The van der Waals surface area contributed by atoms with E-state index >= 15 is 0 Å². The second kappa shape index (κ2) is 10.8. The highest BCUT2D eigenvalue weighted by Gasteiger charge is 2.18. The Hall–Kier alpha value is -0.680. The van der Waals surface area contributed by atoms with Crippen molar-refractivity contribution in [1.82, 2.24) is 0 Å². The molecule has 0 heterocycles. The summed E-state index contributed by atoms with van der Waals surface area (Å²) in [5.41, 5.74) is 0.994. The van der Waals surface area contributed by atoms with Gasteiger partial charge in [-0.1, -0.05) is 18.2 Å². The largest absolute Gasteiger partial charge is 0.506 e. The lowest BCUT2D eigenvalue weighted by Gasteiger charge is -2.12. The molecule has 5 nitrogen and oxygen atoms in total. The smallest absolute Gasteiger partial charge is 0.349 e. The van der Waals surface area contributed by atoms with Crippen LogP contribution in [0.5, 0.6) is 17.2 Å². The van der Waals surface area contributed by atoms with Crippen molar-refractivity contribution in [2.24, 2.45) is 0 Å². The molecule has 9 heteroatoms.